The Morgan fingerprint density at radius 1 is 0.758 bits per heavy atom. The zero-order valence-corrected chi connectivity index (χ0v) is 19.9. The number of hydrogen-bond acceptors (Lipinski definition) is 11. The van der Waals surface area contributed by atoms with E-state index in [1.165, 1.54) is 0 Å². The van der Waals surface area contributed by atoms with Crippen molar-refractivity contribution in [2.75, 3.05) is 76.2 Å². The molecule has 0 radical (unpaired) electrons. The quantitative estimate of drug-likeness (QED) is 0.242. The van der Waals surface area contributed by atoms with Gasteiger partial charge in [-0.25, -0.2) is 0 Å². The van der Waals surface area contributed by atoms with Crippen molar-refractivity contribution in [1.29, 1.82) is 0 Å². The van der Waals surface area contributed by atoms with Crippen LogP contribution in [-0.2, 0) is 16.0 Å². The first-order valence-corrected chi connectivity index (χ1v) is 11.2. The van der Waals surface area contributed by atoms with Gasteiger partial charge in [0.15, 0.2) is 0 Å². The minimum absolute atomic E-state index is 0.462. The molecular formula is C22H37N7O4. The molecule has 2 aromatic rings. The van der Waals surface area contributed by atoms with Crippen molar-refractivity contribution in [3.05, 3.63) is 23.8 Å². The van der Waals surface area contributed by atoms with Gasteiger partial charge in [0, 0.05) is 32.2 Å². The summed E-state index contributed by atoms with van der Waals surface area (Å²) in [6.45, 7) is 6.58. The predicted octanol–water partition coefficient (Wildman–Crippen LogP) is 2.12. The maximum Gasteiger partial charge on any atom is 0.229 e. The van der Waals surface area contributed by atoms with Crippen LogP contribution < -0.4 is 31.2 Å². The highest BCUT2D eigenvalue weighted by atomic mass is 16.5. The van der Waals surface area contributed by atoms with Crippen LogP contribution in [0.2, 0.25) is 0 Å². The van der Waals surface area contributed by atoms with Gasteiger partial charge < -0.3 is 40.6 Å². The van der Waals surface area contributed by atoms with Crippen molar-refractivity contribution in [1.82, 2.24) is 15.0 Å². The Morgan fingerprint density at radius 3 is 1.91 bits per heavy atom. The highest BCUT2D eigenvalue weighted by molar-refractivity contribution is 5.44. The van der Waals surface area contributed by atoms with E-state index in [1.807, 2.05) is 18.2 Å². The van der Waals surface area contributed by atoms with Crippen LogP contribution >= 0.6 is 0 Å². The summed E-state index contributed by atoms with van der Waals surface area (Å²) >= 11 is 0. The summed E-state index contributed by atoms with van der Waals surface area (Å²) in [4.78, 5) is 13.4. The number of nitrogens with two attached hydrogens (primary N) is 1. The van der Waals surface area contributed by atoms with E-state index in [0.717, 1.165) is 36.4 Å². The standard InChI is InChI=1S/C22H37N7O4/c1-4-5-7-24-20-27-21(25-8-10-33-12-11-32-9-6-23)29-22(28-20)26-16-17-13-18(30-2)15-19(14-17)31-3/h13-15H,4-12,16,23H2,1-3H3,(H3,24,25,26,27,28,29). The van der Waals surface area contributed by atoms with Gasteiger partial charge in [0.05, 0.1) is 40.6 Å². The fourth-order valence-electron chi connectivity index (χ4n) is 2.78. The van der Waals surface area contributed by atoms with Crippen LogP contribution in [0.15, 0.2) is 18.2 Å². The van der Waals surface area contributed by atoms with Crippen LogP contribution in [-0.4, -0.2) is 75.2 Å². The lowest BCUT2D eigenvalue weighted by molar-refractivity contribution is 0.0547. The van der Waals surface area contributed by atoms with Crippen molar-refractivity contribution < 1.29 is 18.9 Å². The maximum atomic E-state index is 5.54. The minimum Gasteiger partial charge on any atom is -0.497 e. The lowest BCUT2D eigenvalue weighted by atomic mass is 10.2. The van der Waals surface area contributed by atoms with Gasteiger partial charge in [0.25, 0.3) is 0 Å². The molecule has 0 saturated carbocycles. The van der Waals surface area contributed by atoms with E-state index in [4.69, 9.17) is 24.7 Å². The normalized spacial score (nSPS) is 10.7. The molecule has 184 valence electrons. The highest BCUT2D eigenvalue weighted by Gasteiger charge is 2.08. The summed E-state index contributed by atoms with van der Waals surface area (Å²) in [6.07, 6.45) is 2.11. The summed E-state index contributed by atoms with van der Waals surface area (Å²) in [5, 5.41) is 9.69. The first kappa shape index (κ1) is 26.4. The predicted molar refractivity (Wildman–Crippen MR) is 129 cm³/mol. The highest BCUT2D eigenvalue weighted by Crippen LogP contribution is 2.23. The molecule has 1 heterocycles. The minimum atomic E-state index is 0.462. The van der Waals surface area contributed by atoms with Crippen molar-refractivity contribution in [2.24, 2.45) is 5.73 Å². The molecule has 0 amide bonds. The number of benzene rings is 1. The number of ether oxygens (including phenoxy) is 4. The van der Waals surface area contributed by atoms with E-state index in [2.05, 4.69) is 37.8 Å². The maximum absolute atomic E-state index is 5.54. The van der Waals surface area contributed by atoms with Gasteiger partial charge >= 0.3 is 0 Å². The summed E-state index contributed by atoms with van der Waals surface area (Å²) in [7, 11) is 3.25. The van der Waals surface area contributed by atoms with Gasteiger partial charge in [-0.05, 0) is 24.1 Å². The number of methoxy groups -OCH3 is 2. The Bertz CT molecular complexity index is 788. The molecule has 0 bridgehead atoms. The molecule has 33 heavy (non-hydrogen) atoms. The molecule has 11 heteroatoms. The second-order valence-corrected chi connectivity index (χ2v) is 7.10. The molecule has 1 aromatic heterocycles. The van der Waals surface area contributed by atoms with Gasteiger partial charge in [0.2, 0.25) is 17.8 Å². The number of anilines is 3. The van der Waals surface area contributed by atoms with Crippen LogP contribution in [0.3, 0.4) is 0 Å². The van der Waals surface area contributed by atoms with E-state index in [0.29, 0.717) is 63.9 Å². The Kier molecular flexibility index (Phi) is 12.7. The number of nitrogens with zero attached hydrogens (tertiary/aromatic N) is 3. The third kappa shape index (κ3) is 10.5. The molecule has 0 atom stereocenters. The first-order valence-electron chi connectivity index (χ1n) is 11.2. The third-order valence-corrected chi connectivity index (χ3v) is 4.47. The Labute approximate surface area is 195 Å². The van der Waals surface area contributed by atoms with Crippen LogP contribution in [0.4, 0.5) is 17.8 Å². The van der Waals surface area contributed by atoms with E-state index in [9.17, 15) is 0 Å². The molecule has 5 N–H and O–H groups in total. The van der Waals surface area contributed by atoms with Crippen molar-refractivity contribution in [2.45, 2.75) is 26.3 Å². The van der Waals surface area contributed by atoms with Crippen LogP contribution in [0.25, 0.3) is 0 Å². The van der Waals surface area contributed by atoms with Crippen molar-refractivity contribution >= 4 is 17.8 Å². The summed E-state index contributed by atoms with van der Waals surface area (Å²) in [5.41, 5.74) is 6.36. The monoisotopic (exact) mass is 463 g/mol. The number of hydrogen-bond donors (Lipinski definition) is 4. The molecule has 0 spiro atoms. The third-order valence-electron chi connectivity index (χ3n) is 4.47. The van der Waals surface area contributed by atoms with E-state index < -0.39 is 0 Å². The number of aromatic nitrogens is 3. The first-order chi connectivity index (χ1) is 16.2. The van der Waals surface area contributed by atoms with Crippen molar-refractivity contribution in [3.8, 4) is 11.5 Å². The van der Waals surface area contributed by atoms with Gasteiger partial charge in [-0.2, -0.15) is 15.0 Å². The smallest absolute Gasteiger partial charge is 0.229 e. The second-order valence-electron chi connectivity index (χ2n) is 7.10. The number of rotatable bonds is 18. The van der Waals surface area contributed by atoms with E-state index in [-0.39, 0.29) is 0 Å². The van der Waals surface area contributed by atoms with E-state index in [1.54, 1.807) is 14.2 Å². The lowest BCUT2D eigenvalue weighted by Gasteiger charge is -2.12. The van der Waals surface area contributed by atoms with Crippen LogP contribution in [0, 0.1) is 0 Å². The molecule has 0 saturated heterocycles. The molecule has 0 aliphatic carbocycles. The molecule has 1 aromatic carbocycles. The largest absolute Gasteiger partial charge is 0.497 e. The van der Waals surface area contributed by atoms with Crippen LogP contribution in [0.5, 0.6) is 11.5 Å². The second kappa shape index (κ2) is 15.8. The molecule has 0 fully saturated rings. The fourth-order valence-corrected chi connectivity index (χ4v) is 2.78. The Balaban J connectivity index is 1.96. The average molecular weight is 464 g/mol. The summed E-state index contributed by atoms with van der Waals surface area (Å²) in [5.74, 6) is 2.89. The Morgan fingerprint density at radius 2 is 1.33 bits per heavy atom. The molecule has 11 nitrogen and oxygen atoms in total. The average Bonchev–Trinajstić information content (AvgIpc) is 2.84. The number of unbranched alkanes of at least 4 members (excludes halogenated alkanes) is 1. The van der Waals surface area contributed by atoms with Gasteiger partial charge in [-0.15, -0.1) is 0 Å². The van der Waals surface area contributed by atoms with Crippen LogP contribution in [0.1, 0.15) is 25.3 Å². The van der Waals surface area contributed by atoms with Crippen molar-refractivity contribution in [3.63, 3.8) is 0 Å². The van der Waals surface area contributed by atoms with Gasteiger partial charge in [0.1, 0.15) is 11.5 Å². The zero-order valence-electron chi connectivity index (χ0n) is 19.9. The van der Waals surface area contributed by atoms with Gasteiger partial charge in [-0.1, -0.05) is 13.3 Å². The summed E-state index contributed by atoms with van der Waals surface area (Å²) in [6, 6.07) is 5.70. The molecular weight excluding hydrogens is 426 g/mol. The fraction of sp³-hybridized carbons (Fsp3) is 0.591. The van der Waals surface area contributed by atoms with Gasteiger partial charge in [-0.3, -0.25) is 0 Å². The zero-order chi connectivity index (χ0) is 23.7. The topological polar surface area (TPSA) is 138 Å². The lowest BCUT2D eigenvalue weighted by Crippen LogP contribution is -2.17. The molecule has 0 unspecified atom stereocenters. The SMILES string of the molecule is CCCCNc1nc(NCCOCCOCCN)nc(NCc2cc(OC)cc(OC)c2)n1. The molecule has 0 aliphatic heterocycles. The Hall–Kier alpha value is -2.89. The molecule has 0 aliphatic rings. The number of nitrogens with one attached hydrogen (secondary N) is 3. The van der Waals surface area contributed by atoms with E-state index >= 15 is 0 Å². The summed E-state index contributed by atoms with van der Waals surface area (Å²) < 4.78 is 21.5. The molecule has 2 rings (SSSR count).